The summed E-state index contributed by atoms with van der Waals surface area (Å²) >= 11 is 0. The molecule has 1 aliphatic rings. The third kappa shape index (κ3) is 5.12. The molecule has 0 atom stereocenters. The van der Waals surface area contributed by atoms with Gasteiger partial charge in [0, 0.05) is 11.7 Å². The van der Waals surface area contributed by atoms with Crippen LogP contribution >= 0.6 is 0 Å². The maximum absolute atomic E-state index is 12.5. The smallest absolute Gasteiger partial charge is 0.291 e. The van der Waals surface area contributed by atoms with Crippen molar-refractivity contribution >= 4 is 21.6 Å². The van der Waals surface area contributed by atoms with Crippen LogP contribution in [0, 0.1) is 11.3 Å². The second kappa shape index (κ2) is 8.63. The van der Waals surface area contributed by atoms with Crippen LogP contribution < -0.4 is 14.8 Å². The lowest BCUT2D eigenvalue weighted by molar-refractivity contribution is 0.0992. The number of rotatable bonds is 8. The highest BCUT2D eigenvalue weighted by molar-refractivity contribution is 7.89. The molecule has 31 heavy (non-hydrogen) atoms. The monoisotopic (exact) mass is 437 g/mol. The van der Waals surface area contributed by atoms with Crippen molar-refractivity contribution in [3.63, 3.8) is 0 Å². The van der Waals surface area contributed by atoms with Gasteiger partial charge in [0.05, 0.1) is 10.5 Å². The van der Waals surface area contributed by atoms with Gasteiger partial charge in [-0.1, -0.05) is 18.2 Å². The number of ether oxygens (including phenoxy) is 1. The number of sulfonamides is 1. The standard InChI is InChI=1S/C22H19N3O5S/c23-13-15-4-1-2-7-20(15)29-14-18-10-11-21(30-18)22(26)24-17-5-3-6-19(12-17)31(27,28)25-16-8-9-16/h1-7,10-12,16,25H,8-9,14H2,(H,24,26). The Hall–Kier alpha value is -3.61. The van der Waals surface area contributed by atoms with E-state index in [1.54, 1.807) is 42.5 Å². The minimum Gasteiger partial charge on any atom is -0.484 e. The van der Waals surface area contributed by atoms with Crippen molar-refractivity contribution in [2.45, 2.75) is 30.4 Å². The minimum absolute atomic E-state index is 0.00729. The molecule has 1 amide bonds. The summed E-state index contributed by atoms with van der Waals surface area (Å²) in [6.07, 6.45) is 1.67. The molecule has 1 saturated carbocycles. The van der Waals surface area contributed by atoms with E-state index in [1.165, 1.54) is 18.2 Å². The number of hydrogen-bond acceptors (Lipinski definition) is 6. The number of carbonyl (C=O) groups is 1. The van der Waals surface area contributed by atoms with Crippen molar-refractivity contribution < 1.29 is 22.4 Å². The van der Waals surface area contributed by atoms with Crippen molar-refractivity contribution in [1.82, 2.24) is 4.72 Å². The zero-order valence-corrected chi connectivity index (χ0v) is 17.2. The first-order valence-corrected chi connectivity index (χ1v) is 11.1. The quantitative estimate of drug-likeness (QED) is 0.557. The molecule has 158 valence electrons. The van der Waals surface area contributed by atoms with Crippen LogP contribution in [0.2, 0.25) is 0 Å². The first kappa shape index (κ1) is 20.7. The third-order valence-electron chi connectivity index (χ3n) is 4.56. The Morgan fingerprint density at radius 2 is 1.94 bits per heavy atom. The molecule has 4 rings (SSSR count). The van der Waals surface area contributed by atoms with E-state index in [4.69, 9.17) is 14.4 Å². The fourth-order valence-corrected chi connectivity index (χ4v) is 4.18. The number of hydrogen-bond donors (Lipinski definition) is 2. The van der Waals surface area contributed by atoms with E-state index in [9.17, 15) is 13.2 Å². The van der Waals surface area contributed by atoms with Gasteiger partial charge in [0.25, 0.3) is 5.91 Å². The van der Waals surface area contributed by atoms with Gasteiger partial charge in [-0.3, -0.25) is 4.79 Å². The molecule has 3 aromatic rings. The molecule has 2 N–H and O–H groups in total. The van der Waals surface area contributed by atoms with Gasteiger partial charge in [-0.05, 0) is 55.3 Å². The van der Waals surface area contributed by atoms with Crippen molar-refractivity contribution in [1.29, 1.82) is 5.26 Å². The SMILES string of the molecule is N#Cc1ccccc1OCc1ccc(C(=O)Nc2cccc(S(=O)(=O)NC3CC3)c2)o1. The summed E-state index contributed by atoms with van der Waals surface area (Å²) in [6, 6.07) is 18.0. The molecular formula is C22H19N3O5S. The summed E-state index contributed by atoms with van der Waals surface area (Å²) in [6.45, 7) is 0.0482. The van der Waals surface area contributed by atoms with Gasteiger partial charge in [0.1, 0.15) is 24.2 Å². The van der Waals surface area contributed by atoms with Gasteiger partial charge in [-0.25, -0.2) is 13.1 Å². The van der Waals surface area contributed by atoms with Crippen LogP contribution in [0.15, 0.2) is 70.0 Å². The highest BCUT2D eigenvalue weighted by atomic mass is 32.2. The Bertz CT molecular complexity index is 1260. The van der Waals surface area contributed by atoms with E-state index in [2.05, 4.69) is 10.0 Å². The number of anilines is 1. The summed E-state index contributed by atoms with van der Waals surface area (Å²) in [5, 5.41) is 11.7. The second-order valence-electron chi connectivity index (χ2n) is 7.04. The Morgan fingerprint density at radius 1 is 1.13 bits per heavy atom. The molecule has 9 heteroatoms. The molecule has 0 unspecified atom stereocenters. The maximum Gasteiger partial charge on any atom is 0.291 e. The van der Waals surface area contributed by atoms with E-state index in [1.807, 2.05) is 6.07 Å². The topological polar surface area (TPSA) is 121 Å². The molecule has 8 nitrogen and oxygen atoms in total. The Morgan fingerprint density at radius 3 is 2.71 bits per heavy atom. The Kier molecular flexibility index (Phi) is 5.75. The van der Waals surface area contributed by atoms with Crippen LogP contribution in [0.3, 0.4) is 0 Å². The van der Waals surface area contributed by atoms with Crippen LogP contribution in [0.5, 0.6) is 5.75 Å². The summed E-state index contributed by atoms with van der Waals surface area (Å²) in [5.41, 5.74) is 0.735. The largest absolute Gasteiger partial charge is 0.484 e. The number of para-hydroxylation sites is 1. The van der Waals surface area contributed by atoms with E-state index in [0.717, 1.165) is 12.8 Å². The van der Waals surface area contributed by atoms with Crippen LogP contribution in [-0.4, -0.2) is 20.4 Å². The lowest BCUT2D eigenvalue weighted by atomic mass is 10.2. The van der Waals surface area contributed by atoms with Gasteiger partial charge < -0.3 is 14.5 Å². The third-order valence-corrected chi connectivity index (χ3v) is 6.08. The fraction of sp³-hybridized carbons (Fsp3) is 0.182. The normalized spacial score (nSPS) is 13.4. The lowest BCUT2D eigenvalue weighted by Gasteiger charge is -2.08. The van der Waals surface area contributed by atoms with Gasteiger partial charge in [-0.15, -0.1) is 0 Å². The number of carbonyl (C=O) groups excluding carboxylic acids is 1. The highest BCUT2D eigenvalue weighted by Gasteiger charge is 2.28. The summed E-state index contributed by atoms with van der Waals surface area (Å²) in [7, 11) is -3.62. The molecular weight excluding hydrogens is 418 g/mol. The number of nitrogens with one attached hydrogen (secondary N) is 2. The average molecular weight is 437 g/mol. The van der Waals surface area contributed by atoms with Gasteiger partial charge in [0.15, 0.2) is 5.76 Å². The van der Waals surface area contributed by atoms with Crippen molar-refractivity contribution in [3.8, 4) is 11.8 Å². The molecule has 1 fully saturated rings. The van der Waals surface area contributed by atoms with Crippen molar-refractivity contribution in [2.24, 2.45) is 0 Å². The Balaban J connectivity index is 1.40. The van der Waals surface area contributed by atoms with Crippen LogP contribution in [0.1, 0.15) is 34.7 Å². The van der Waals surface area contributed by atoms with Gasteiger partial charge in [-0.2, -0.15) is 5.26 Å². The number of nitrogens with zero attached hydrogens (tertiary/aromatic N) is 1. The van der Waals surface area contributed by atoms with E-state index in [0.29, 0.717) is 22.8 Å². The predicted octanol–water partition coefficient (Wildman–Crippen LogP) is 3.42. The first-order chi connectivity index (χ1) is 14.9. The molecule has 1 aliphatic carbocycles. The average Bonchev–Trinajstić information content (AvgIpc) is 3.44. The number of benzene rings is 2. The molecule has 2 aromatic carbocycles. The van der Waals surface area contributed by atoms with Crippen molar-refractivity contribution in [3.05, 3.63) is 77.7 Å². The van der Waals surface area contributed by atoms with Gasteiger partial charge >= 0.3 is 0 Å². The van der Waals surface area contributed by atoms with E-state index < -0.39 is 15.9 Å². The zero-order valence-electron chi connectivity index (χ0n) is 16.4. The molecule has 0 spiro atoms. The highest BCUT2D eigenvalue weighted by Crippen LogP contribution is 2.24. The van der Waals surface area contributed by atoms with Crippen LogP contribution in [-0.2, 0) is 16.6 Å². The fourth-order valence-electron chi connectivity index (χ4n) is 2.83. The van der Waals surface area contributed by atoms with E-state index in [-0.39, 0.29) is 23.3 Å². The molecule has 0 saturated heterocycles. The van der Waals surface area contributed by atoms with Crippen molar-refractivity contribution in [2.75, 3.05) is 5.32 Å². The maximum atomic E-state index is 12.5. The van der Waals surface area contributed by atoms with Crippen LogP contribution in [0.4, 0.5) is 5.69 Å². The number of nitriles is 1. The molecule has 0 radical (unpaired) electrons. The van der Waals surface area contributed by atoms with Gasteiger partial charge in [0.2, 0.25) is 10.0 Å². The number of amides is 1. The molecule has 1 aromatic heterocycles. The summed E-state index contributed by atoms with van der Waals surface area (Å²) < 4.78 is 38.4. The molecule has 0 bridgehead atoms. The van der Waals surface area contributed by atoms with Crippen LogP contribution in [0.25, 0.3) is 0 Å². The molecule has 0 aliphatic heterocycles. The lowest BCUT2D eigenvalue weighted by Crippen LogP contribution is -2.25. The molecule has 1 heterocycles. The summed E-state index contributed by atoms with van der Waals surface area (Å²) in [5.74, 6) is 0.359. The summed E-state index contributed by atoms with van der Waals surface area (Å²) in [4.78, 5) is 12.6. The first-order valence-electron chi connectivity index (χ1n) is 9.59. The minimum atomic E-state index is -3.62. The van der Waals surface area contributed by atoms with E-state index >= 15 is 0 Å². The second-order valence-corrected chi connectivity index (χ2v) is 8.75. The number of furan rings is 1. The predicted molar refractivity (Wildman–Crippen MR) is 112 cm³/mol. The Labute approximate surface area is 179 Å². The zero-order chi connectivity index (χ0) is 21.8.